The number of unbranched alkanes of at least 4 members (excludes halogenated alkanes) is 1. The van der Waals surface area contributed by atoms with Crippen LogP contribution in [0.4, 0.5) is 0 Å². The van der Waals surface area contributed by atoms with E-state index in [0.717, 1.165) is 32.0 Å². The maximum absolute atomic E-state index is 5.71. The lowest BCUT2D eigenvalue weighted by Gasteiger charge is -2.19. The van der Waals surface area contributed by atoms with Gasteiger partial charge in [0.2, 0.25) is 0 Å². The molecule has 0 fully saturated rings. The molecule has 0 radical (unpaired) electrons. The van der Waals surface area contributed by atoms with Crippen LogP contribution in [-0.4, -0.2) is 44.1 Å². The van der Waals surface area contributed by atoms with E-state index in [1.165, 1.54) is 19.4 Å². The van der Waals surface area contributed by atoms with Crippen molar-refractivity contribution in [2.24, 2.45) is 0 Å². The summed E-state index contributed by atoms with van der Waals surface area (Å²) in [5, 5.41) is 0. The fraction of sp³-hybridized carbons (Fsp3) is 1.00. The summed E-state index contributed by atoms with van der Waals surface area (Å²) in [5.74, 6) is 0.740. The summed E-state index contributed by atoms with van der Waals surface area (Å²) in [5.41, 5.74) is 0. The molecule has 13 heavy (non-hydrogen) atoms. The van der Waals surface area contributed by atoms with Gasteiger partial charge in [0.1, 0.15) is 0 Å². The van der Waals surface area contributed by atoms with E-state index in [4.69, 9.17) is 16.3 Å². The van der Waals surface area contributed by atoms with Gasteiger partial charge >= 0.3 is 0 Å². The van der Waals surface area contributed by atoms with Gasteiger partial charge in [-0.15, -0.1) is 11.6 Å². The zero-order chi connectivity index (χ0) is 9.94. The summed E-state index contributed by atoms with van der Waals surface area (Å²) in [4.78, 5) is 2.42. The zero-order valence-corrected chi connectivity index (χ0v) is 9.65. The Morgan fingerprint density at radius 3 is 2.46 bits per heavy atom. The van der Waals surface area contributed by atoms with Gasteiger partial charge in [-0.2, -0.15) is 0 Å². The van der Waals surface area contributed by atoms with Crippen molar-refractivity contribution in [3.05, 3.63) is 0 Å². The highest BCUT2D eigenvalue weighted by molar-refractivity contribution is 6.18. The first-order chi connectivity index (χ1) is 6.35. The molecule has 0 aliphatic rings. The van der Waals surface area contributed by atoms with Gasteiger partial charge < -0.3 is 9.64 Å². The van der Waals surface area contributed by atoms with Crippen molar-refractivity contribution in [1.82, 2.24) is 4.90 Å². The molecule has 3 heteroatoms. The van der Waals surface area contributed by atoms with Crippen LogP contribution in [-0.2, 0) is 4.74 Å². The summed E-state index contributed by atoms with van der Waals surface area (Å²) in [6, 6.07) is 0. The van der Waals surface area contributed by atoms with Gasteiger partial charge in [-0.3, -0.25) is 0 Å². The zero-order valence-electron chi connectivity index (χ0n) is 8.89. The number of ether oxygens (including phenoxy) is 1. The smallest absolute Gasteiger partial charge is 0.0462 e. The Balaban J connectivity index is 3.33. The van der Waals surface area contributed by atoms with Crippen LogP contribution in [0.15, 0.2) is 0 Å². The number of methoxy groups -OCH3 is 1. The SMILES string of the molecule is CCCN(CCCl)CCCCOC. The molecule has 0 atom stereocenters. The molecule has 0 aromatic carbocycles. The molecule has 0 aliphatic carbocycles. The molecule has 0 saturated carbocycles. The predicted octanol–water partition coefficient (Wildman–Crippen LogP) is 2.36. The van der Waals surface area contributed by atoms with Crippen LogP contribution in [0, 0.1) is 0 Å². The lowest BCUT2D eigenvalue weighted by molar-refractivity contribution is 0.185. The minimum absolute atomic E-state index is 0.740. The van der Waals surface area contributed by atoms with Crippen LogP contribution in [0.5, 0.6) is 0 Å². The van der Waals surface area contributed by atoms with Crippen molar-refractivity contribution in [2.75, 3.05) is 39.2 Å². The molecule has 0 unspecified atom stereocenters. The third-order valence-electron chi connectivity index (χ3n) is 2.01. The largest absolute Gasteiger partial charge is 0.385 e. The highest BCUT2D eigenvalue weighted by atomic mass is 35.5. The molecule has 0 N–H and O–H groups in total. The standard InChI is InChI=1S/C10H22ClNO/c1-3-7-12(9-6-11)8-4-5-10-13-2/h3-10H2,1-2H3. The first-order valence-corrected chi connectivity index (χ1v) is 5.65. The van der Waals surface area contributed by atoms with Gasteiger partial charge in [-0.25, -0.2) is 0 Å². The van der Waals surface area contributed by atoms with Gasteiger partial charge in [0.05, 0.1) is 0 Å². The van der Waals surface area contributed by atoms with Crippen LogP contribution >= 0.6 is 11.6 Å². The number of rotatable bonds is 9. The van der Waals surface area contributed by atoms with Crippen molar-refractivity contribution < 1.29 is 4.74 Å². The average molecular weight is 208 g/mol. The van der Waals surface area contributed by atoms with Crippen LogP contribution in [0.2, 0.25) is 0 Å². The highest BCUT2D eigenvalue weighted by Gasteiger charge is 2.01. The summed E-state index contributed by atoms with van der Waals surface area (Å²) < 4.78 is 5.00. The molecule has 0 aromatic rings. The Hall–Kier alpha value is 0.210. The van der Waals surface area contributed by atoms with E-state index in [1.54, 1.807) is 7.11 Å². The maximum Gasteiger partial charge on any atom is 0.0462 e. The molecule has 0 aliphatic heterocycles. The van der Waals surface area contributed by atoms with Gasteiger partial charge in [-0.1, -0.05) is 6.92 Å². The van der Waals surface area contributed by atoms with Crippen LogP contribution in [0.25, 0.3) is 0 Å². The van der Waals surface area contributed by atoms with Crippen LogP contribution in [0.1, 0.15) is 26.2 Å². The average Bonchev–Trinajstić information content (AvgIpc) is 2.13. The van der Waals surface area contributed by atoms with Crippen LogP contribution < -0.4 is 0 Å². The molecule has 0 amide bonds. The second kappa shape index (κ2) is 10.3. The van der Waals surface area contributed by atoms with Crippen LogP contribution in [0.3, 0.4) is 0 Å². The number of halogens is 1. The molecule has 0 bridgehead atoms. The summed E-state index contributed by atoms with van der Waals surface area (Å²) in [6.07, 6.45) is 3.57. The highest BCUT2D eigenvalue weighted by Crippen LogP contribution is 1.98. The van der Waals surface area contributed by atoms with Gasteiger partial charge in [-0.05, 0) is 32.4 Å². The molecule has 2 nitrogen and oxygen atoms in total. The van der Waals surface area contributed by atoms with E-state index in [1.807, 2.05) is 0 Å². The monoisotopic (exact) mass is 207 g/mol. The van der Waals surface area contributed by atoms with Gasteiger partial charge in [0.15, 0.2) is 0 Å². The molecule has 0 saturated heterocycles. The number of hydrogen-bond acceptors (Lipinski definition) is 2. The molecule has 0 heterocycles. The van der Waals surface area contributed by atoms with E-state index in [-0.39, 0.29) is 0 Å². The lowest BCUT2D eigenvalue weighted by Crippen LogP contribution is -2.27. The molecule has 80 valence electrons. The fourth-order valence-corrected chi connectivity index (χ4v) is 1.59. The predicted molar refractivity (Wildman–Crippen MR) is 58.6 cm³/mol. The quantitative estimate of drug-likeness (QED) is 0.425. The van der Waals surface area contributed by atoms with Crippen molar-refractivity contribution >= 4 is 11.6 Å². The Morgan fingerprint density at radius 1 is 1.15 bits per heavy atom. The molecule has 0 spiro atoms. The number of alkyl halides is 1. The van der Waals surface area contributed by atoms with Gasteiger partial charge in [0, 0.05) is 26.1 Å². The lowest BCUT2D eigenvalue weighted by atomic mass is 10.3. The molecular weight excluding hydrogens is 186 g/mol. The van der Waals surface area contributed by atoms with Crippen molar-refractivity contribution in [1.29, 1.82) is 0 Å². The van der Waals surface area contributed by atoms with Gasteiger partial charge in [0.25, 0.3) is 0 Å². The third kappa shape index (κ3) is 8.54. The summed E-state index contributed by atoms with van der Waals surface area (Å²) in [6.45, 7) is 6.42. The Morgan fingerprint density at radius 2 is 1.92 bits per heavy atom. The van der Waals surface area contributed by atoms with E-state index in [0.29, 0.717) is 0 Å². The minimum Gasteiger partial charge on any atom is -0.385 e. The molecular formula is C10H22ClNO. The Bertz CT molecular complexity index is 94.9. The minimum atomic E-state index is 0.740. The van der Waals surface area contributed by atoms with Crippen molar-refractivity contribution in [3.8, 4) is 0 Å². The summed E-state index contributed by atoms with van der Waals surface area (Å²) >= 11 is 5.71. The van der Waals surface area contributed by atoms with E-state index in [2.05, 4.69) is 11.8 Å². The summed E-state index contributed by atoms with van der Waals surface area (Å²) in [7, 11) is 1.75. The fourth-order valence-electron chi connectivity index (χ4n) is 1.35. The van der Waals surface area contributed by atoms with E-state index >= 15 is 0 Å². The first-order valence-electron chi connectivity index (χ1n) is 5.12. The topological polar surface area (TPSA) is 12.5 Å². The van der Waals surface area contributed by atoms with Crippen molar-refractivity contribution in [2.45, 2.75) is 26.2 Å². The molecule has 0 rings (SSSR count). The number of nitrogens with zero attached hydrogens (tertiary/aromatic N) is 1. The normalized spacial score (nSPS) is 11.1. The Kier molecular flexibility index (Phi) is 10.5. The Labute approximate surface area is 87.2 Å². The number of hydrogen-bond donors (Lipinski definition) is 0. The van der Waals surface area contributed by atoms with E-state index < -0.39 is 0 Å². The second-order valence-electron chi connectivity index (χ2n) is 3.23. The van der Waals surface area contributed by atoms with Crippen molar-refractivity contribution in [3.63, 3.8) is 0 Å². The second-order valence-corrected chi connectivity index (χ2v) is 3.61. The maximum atomic E-state index is 5.71. The first kappa shape index (κ1) is 13.2. The molecule has 0 aromatic heterocycles. The van der Waals surface area contributed by atoms with E-state index in [9.17, 15) is 0 Å². The third-order valence-corrected chi connectivity index (χ3v) is 2.18.